The van der Waals surface area contributed by atoms with Crippen LogP contribution in [0.5, 0.6) is 0 Å². The van der Waals surface area contributed by atoms with Crippen LogP contribution in [0.25, 0.3) is 5.70 Å². The number of aliphatic imine (C=N–C) groups is 1. The lowest BCUT2D eigenvalue weighted by atomic mass is 9.70. The third kappa shape index (κ3) is 2.26. The number of fused-ring (bicyclic) bond motifs is 2. The van der Waals surface area contributed by atoms with Gasteiger partial charge in [-0.25, -0.2) is 4.99 Å². The molecule has 1 aromatic rings. The molecule has 1 aromatic carbocycles. The van der Waals surface area contributed by atoms with Crippen molar-refractivity contribution < 1.29 is 0 Å². The van der Waals surface area contributed by atoms with Crippen molar-refractivity contribution in [3.05, 3.63) is 41.3 Å². The largest absolute Gasteiger partial charge is 0.275 e. The minimum Gasteiger partial charge on any atom is -0.275 e. The average Bonchev–Trinajstić information content (AvgIpc) is 2.90. The molecule has 2 atom stereocenters. The lowest BCUT2D eigenvalue weighted by Gasteiger charge is -2.34. The first-order chi connectivity index (χ1) is 11.0. The molecule has 0 radical (unpaired) electrons. The van der Waals surface area contributed by atoms with Gasteiger partial charge in [0.05, 0.1) is 5.70 Å². The Labute approximate surface area is 142 Å². The molecule has 0 amide bonds. The Morgan fingerprint density at radius 3 is 2.57 bits per heavy atom. The van der Waals surface area contributed by atoms with Gasteiger partial charge in [-0.15, -0.1) is 5.10 Å². The molecule has 2 saturated carbocycles. The number of nitrogens with one attached hydrogen (secondary N) is 1. The number of hydrazone groups is 1. The van der Waals surface area contributed by atoms with E-state index in [-0.39, 0.29) is 5.41 Å². The lowest BCUT2D eigenvalue weighted by Crippen LogP contribution is -2.33. The summed E-state index contributed by atoms with van der Waals surface area (Å²) in [5, 5.41) is 7.44. The maximum absolute atomic E-state index is 4.94. The molecule has 1 aliphatic heterocycles. The van der Waals surface area contributed by atoms with Crippen molar-refractivity contribution in [1.82, 2.24) is 5.43 Å². The normalized spacial score (nSPS) is 33.3. The van der Waals surface area contributed by atoms with Crippen molar-refractivity contribution >= 4 is 28.3 Å². The summed E-state index contributed by atoms with van der Waals surface area (Å²) in [6.07, 6.45) is 3.75. The monoisotopic (exact) mass is 325 g/mol. The van der Waals surface area contributed by atoms with Crippen LogP contribution in [0.15, 0.2) is 45.8 Å². The number of hydrogen-bond donors (Lipinski definition) is 1. The molecule has 1 N–H and O–H groups in total. The van der Waals surface area contributed by atoms with Crippen molar-refractivity contribution in [2.75, 3.05) is 0 Å². The first kappa shape index (κ1) is 15.0. The number of thioether (sulfide) groups is 1. The van der Waals surface area contributed by atoms with E-state index in [0.29, 0.717) is 5.41 Å². The van der Waals surface area contributed by atoms with Gasteiger partial charge in [0.15, 0.2) is 0 Å². The van der Waals surface area contributed by atoms with Gasteiger partial charge in [-0.05, 0) is 30.6 Å². The zero-order valence-electron chi connectivity index (χ0n) is 14.0. The summed E-state index contributed by atoms with van der Waals surface area (Å²) in [5.74, 6) is 0.781. The van der Waals surface area contributed by atoms with Crippen molar-refractivity contribution in [1.29, 1.82) is 0 Å². The minimum absolute atomic E-state index is 0.240. The number of hydrogen-bond acceptors (Lipinski definition) is 4. The quantitative estimate of drug-likeness (QED) is 0.799. The molecule has 2 bridgehead atoms. The first-order valence-electron chi connectivity index (χ1n) is 8.35. The molecule has 4 heteroatoms. The number of benzene rings is 1. The van der Waals surface area contributed by atoms with Crippen LogP contribution in [0.1, 0.15) is 45.6 Å². The first-order valence-corrected chi connectivity index (χ1v) is 9.23. The molecule has 2 unspecified atom stereocenters. The van der Waals surface area contributed by atoms with Gasteiger partial charge in [-0.3, -0.25) is 5.43 Å². The molecule has 120 valence electrons. The Morgan fingerprint density at radius 2 is 2.00 bits per heavy atom. The molecule has 0 spiro atoms. The van der Waals surface area contributed by atoms with Gasteiger partial charge >= 0.3 is 0 Å². The zero-order valence-corrected chi connectivity index (χ0v) is 14.8. The smallest absolute Gasteiger partial charge is 0.210 e. The molecule has 1 heterocycles. The van der Waals surface area contributed by atoms with Crippen LogP contribution in [-0.2, 0) is 0 Å². The number of nitrogens with zero attached hydrogens (tertiary/aromatic N) is 2. The third-order valence-corrected chi connectivity index (χ3v) is 7.13. The van der Waals surface area contributed by atoms with Crippen LogP contribution in [0.3, 0.4) is 0 Å². The summed E-state index contributed by atoms with van der Waals surface area (Å²) in [6, 6.07) is 10.3. The highest BCUT2D eigenvalue weighted by Gasteiger charge is 2.59. The van der Waals surface area contributed by atoms with Crippen molar-refractivity contribution in [2.24, 2.45) is 26.8 Å². The summed E-state index contributed by atoms with van der Waals surface area (Å²) in [7, 11) is 0. The lowest BCUT2D eigenvalue weighted by molar-refractivity contribution is 0.194. The topological polar surface area (TPSA) is 36.8 Å². The van der Waals surface area contributed by atoms with E-state index in [1.54, 1.807) is 11.8 Å². The summed E-state index contributed by atoms with van der Waals surface area (Å²) in [5.41, 5.74) is 7.31. The zero-order chi connectivity index (χ0) is 16.1. The minimum atomic E-state index is 0.240. The van der Waals surface area contributed by atoms with E-state index in [9.17, 15) is 0 Å². The molecule has 2 aliphatic carbocycles. The molecule has 3 aliphatic rings. The Hall–Kier alpha value is -1.55. The van der Waals surface area contributed by atoms with E-state index in [1.807, 2.05) is 18.2 Å². The van der Waals surface area contributed by atoms with E-state index < -0.39 is 0 Å². The fourth-order valence-electron chi connectivity index (χ4n) is 4.29. The Morgan fingerprint density at radius 1 is 1.22 bits per heavy atom. The van der Waals surface area contributed by atoms with Gasteiger partial charge in [0, 0.05) is 22.1 Å². The Bertz CT molecular complexity index is 717. The van der Waals surface area contributed by atoms with Crippen molar-refractivity contribution in [3.63, 3.8) is 0 Å². The molecular weight excluding hydrogens is 302 g/mol. The molecular formula is C19H23N3S. The highest BCUT2D eigenvalue weighted by Crippen LogP contribution is 2.64. The summed E-state index contributed by atoms with van der Waals surface area (Å²) < 4.78 is 0. The van der Waals surface area contributed by atoms with Crippen molar-refractivity contribution in [3.8, 4) is 0 Å². The third-order valence-electron chi connectivity index (χ3n) is 6.38. The second-order valence-electron chi connectivity index (χ2n) is 7.57. The second kappa shape index (κ2) is 5.23. The van der Waals surface area contributed by atoms with Gasteiger partial charge < -0.3 is 0 Å². The van der Waals surface area contributed by atoms with Crippen LogP contribution in [0.4, 0.5) is 0 Å². The number of rotatable bonds is 1. The highest BCUT2D eigenvalue weighted by atomic mass is 32.2. The van der Waals surface area contributed by atoms with Crippen LogP contribution in [-0.4, -0.2) is 10.9 Å². The maximum Gasteiger partial charge on any atom is 0.210 e. The van der Waals surface area contributed by atoms with E-state index in [4.69, 9.17) is 4.99 Å². The van der Waals surface area contributed by atoms with Gasteiger partial charge in [-0.2, -0.15) is 0 Å². The van der Waals surface area contributed by atoms with E-state index >= 15 is 0 Å². The summed E-state index contributed by atoms with van der Waals surface area (Å²) in [4.78, 5) is 4.94. The fourth-order valence-corrected chi connectivity index (χ4v) is 4.96. The number of amidine groups is 1. The SMILES string of the molecule is CC12CCC(C/C1=N\C1=NNC(c3ccccc3)=CS1)C2(C)C. The molecule has 4 rings (SSSR count). The molecule has 0 aromatic heterocycles. The predicted molar refractivity (Wildman–Crippen MR) is 99.2 cm³/mol. The maximum atomic E-state index is 4.94. The van der Waals surface area contributed by atoms with Crippen LogP contribution >= 0.6 is 11.8 Å². The highest BCUT2D eigenvalue weighted by molar-refractivity contribution is 8.16. The molecule has 3 nitrogen and oxygen atoms in total. The standard InChI is InChI=1S/C19H23N3S/c1-18(2)14-9-10-19(18,3)16(11-14)20-17-22-21-15(12-23-17)13-7-5-4-6-8-13/h4-8,12,14,21H,9-11H2,1-3H3/b20-16+. The molecule has 0 saturated heterocycles. The summed E-state index contributed by atoms with van der Waals surface area (Å²) >= 11 is 1.62. The molecule has 2 fully saturated rings. The van der Waals surface area contributed by atoms with Gasteiger partial charge in [0.2, 0.25) is 5.17 Å². The second-order valence-corrected chi connectivity index (χ2v) is 8.41. The fraction of sp³-hybridized carbons (Fsp3) is 0.474. The van der Waals surface area contributed by atoms with Gasteiger partial charge in [-0.1, -0.05) is 62.9 Å². The van der Waals surface area contributed by atoms with E-state index in [0.717, 1.165) is 28.8 Å². The Balaban J connectivity index is 1.53. The Kier molecular flexibility index (Phi) is 3.41. The van der Waals surface area contributed by atoms with Gasteiger partial charge in [0.25, 0.3) is 0 Å². The van der Waals surface area contributed by atoms with Crippen LogP contribution < -0.4 is 5.43 Å². The summed E-state index contributed by atoms with van der Waals surface area (Å²) in [6.45, 7) is 7.22. The molecule has 23 heavy (non-hydrogen) atoms. The van der Waals surface area contributed by atoms with Gasteiger partial charge in [0.1, 0.15) is 0 Å². The average molecular weight is 325 g/mol. The van der Waals surface area contributed by atoms with Crippen LogP contribution in [0.2, 0.25) is 0 Å². The van der Waals surface area contributed by atoms with Crippen molar-refractivity contribution in [2.45, 2.75) is 40.0 Å². The van der Waals surface area contributed by atoms with E-state index in [2.05, 4.69) is 48.8 Å². The predicted octanol–water partition coefficient (Wildman–Crippen LogP) is 4.88. The van der Waals surface area contributed by atoms with Crippen LogP contribution in [0, 0.1) is 16.7 Å². The van der Waals surface area contributed by atoms with E-state index in [1.165, 1.54) is 18.6 Å².